The van der Waals surface area contributed by atoms with Crippen molar-refractivity contribution in [3.05, 3.63) is 71.3 Å². The normalized spacial score (nSPS) is 11.4. The Morgan fingerprint density at radius 2 is 1.48 bits per heavy atom. The first kappa shape index (κ1) is 18.3. The number of hydrogen-bond acceptors (Lipinski definition) is 4. The molecular formula is C22H20O5. The number of hydrogen-bond donors (Lipinski definition) is 2. The predicted octanol–water partition coefficient (Wildman–Crippen LogP) is 4.39. The molecule has 5 nitrogen and oxygen atoms in total. The molecule has 0 heterocycles. The van der Waals surface area contributed by atoms with Crippen LogP contribution in [0.1, 0.15) is 16.7 Å². The summed E-state index contributed by atoms with van der Waals surface area (Å²) in [6.45, 7) is 1.87. The number of fused-ring (bicyclic) bond motifs is 1. The third-order valence-electron chi connectivity index (χ3n) is 4.48. The summed E-state index contributed by atoms with van der Waals surface area (Å²) < 4.78 is 11.3. The molecule has 0 radical (unpaired) electrons. The van der Waals surface area contributed by atoms with Gasteiger partial charge in [0.2, 0.25) is 0 Å². The smallest absolute Gasteiger partial charge is 0.328 e. The highest BCUT2D eigenvalue weighted by molar-refractivity contribution is 6.04. The van der Waals surface area contributed by atoms with E-state index in [0.29, 0.717) is 28.2 Å². The maximum atomic E-state index is 11.6. The second kappa shape index (κ2) is 7.41. The van der Waals surface area contributed by atoms with Gasteiger partial charge in [-0.25, -0.2) is 4.79 Å². The number of carboxylic acid groups (broad SMARTS) is 1. The lowest BCUT2D eigenvalue weighted by atomic mass is 9.89. The summed E-state index contributed by atoms with van der Waals surface area (Å²) in [5.41, 5.74) is 2.53. The Morgan fingerprint density at radius 1 is 0.926 bits per heavy atom. The maximum absolute atomic E-state index is 11.6. The quantitative estimate of drug-likeness (QED) is 0.657. The van der Waals surface area contributed by atoms with Crippen LogP contribution < -0.4 is 9.47 Å². The minimum absolute atomic E-state index is 0.105. The summed E-state index contributed by atoms with van der Waals surface area (Å²) in [6, 6.07) is 14.0. The van der Waals surface area contributed by atoms with Crippen molar-refractivity contribution in [2.45, 2.75) is 6.92 Å². The fourth-order valence-electron chi connectivity index (χ4n) is 3.36. The second-order valence-electron chi connectivity index (χ2n) is 6.06. The van der Waals surface area contributed by atoms with Gasteiger partial charge in [0.1, 0.15) is 17.2 Å². The number of methoxy groups -OCH3 is 2. The van der Waals surface area contributed by atoms with Gasteiger partial charge in [0, 0.05) is 33.5 Å². The zero-order valence-corrected chi connectivity index (χ0v) is 15.3. The SMILES string of the molecule is COc1c(C)c(C(=CC(=O)O)c2ccc(O)cc2)c(OC)c2ccccc12. The summed E-state index contributed by atoms with van der Waals surface area (Å²) in [4.78, 5) is 11.6. The van der Waals surface area contributed by atoms with E-state index in [-0.39, 0.29) is 5.75 Å². The highest BCUT2D eigenvalue weighted by Gasteiger charge is 2.22. The minimum Gasteiger partial charge on any atom is -0.508 e. The second-order valence-corrected chi connectivity index (χ2v) is 6.06. The van der Waals surface area contributed by atoms with Crippen LogP contribution in [0.5, 0.6) is 17.2 Å². The van der Waals surface area contributed by atoms with Crippen molar-refractivity contribution >= 4 is 22.3 Å². The van der Waals surface area contributed by atoms with E-state index in [9.17, 15) is 15.0 Å². The maximum Gasteiger partial charge on any atom is 0.328 e. The monoisotopic (exact) mass is 364 g/mol. The molecule has 0 bridgehead atoms. The topological polar surface area (TPSA) is 76.0 Å². The molecule has 0 aliphatic heterocycles. The summed E-state index contributed by atoms with van der Waals surface area (Å²) in [6.07, 6.45) is 1.14. The van der Waals surface area contributed by atoms with E-state index in [4.69, 9.17) is 9.47 Å². The van der Waals surface area contributed by atoms with Crippen LogP contribution in [-0.2, 0) is 4.79 Å². The highest BCUT2D eigenvalue weighted by Crippen LogP contribution is 2.45. The fourth-order valence-corrected chi connectivity index (χ4v) is 3.36. The molecule has 0 aliphatic carbocycles. The number of benzene rings is 3. The molecule has 27 heavy (non-hydrogen) atoms. The number of aromatic hydroxyl groups is 1. The predicted molar refractivity (Wildman–Crippen MR) is 105 cm³/mol. The lowest BCUT2D eigenvalue weighted by Crippen LogP contribution is -2.03. The van der Waals surface area contributed by atoms with Crippen molar-refractivity contribution < 1.29 is 24.5 Å². The van der Waals surface area contributed by atoms with Crippen molar-refractivity contribution in [2.75, 3.05) is 14.2 Å². The van der Waals surface area contributed by atoms with Gasteiger partial charge >= 0.3 is 5.97 Å². The molecule has 0 saturated carbocycles. The first-order chi connectivity index (χ1) is 13.0. The lowest BCUT2D eigenvalue weighted by molar-refractivity contribution is -0.131. The molecule has 0 amide bonds. The number of ether oxygens (including phenoxy) is 2. The van der Waals surface area contributed by atoms with Crippen LogP contribution in [0.3, 0.4) is 0 Å². The van der Waals surface area contributed by atoms with Crippen LogP contribution in [0, 0.1) is 6.92 Å². The van der Waals surface area contributed by atoms with Crippen molar-refractivity contribution in [3.8, 4) is 17.2 Å². The Kier molecular flexibility index (Phi) is 5.03. The van der Waals surface area contributed by atoms with Crippen LogP contribution in [-0.4, -0.2) is 30.4 Å². The first-order valence-corrected chi connectivity index (χ1v) is 8.35. The molecule has 0 atom stereocenters. The third-order valence-corrected chi connectivity index (χ3v) is 4.48. The van der Waals surface area contributed by atoms with Gasteiger partial charge in [-0.05, 0) is 24.6 Å². The molecule has 0 aromatic heterocycles. The van der Waals surface area contributed by atoms with Crippen LogP contribution in [0.15, 0.2) is 54.6 Å². The number of aliphatic carboxylic acids is 1. The zero-order chi connectivity index (χ0) is 19.6. The molecular weight excluding hydrogens is 344 g/mol. The van der Waals surface area contributed by atoms with E-state index in [0.717, 1.165) is 22.4 Å². The van der Waals surface area contributed by atoms with E-state index in [1.807, 2.05) is 31.2 Å². The van der Waals surface area contributed by atoms with E-state index in [1.54, 1.807) is 26.4 Å². The first-order valence-electron chi connectivity index (χ1n) is 8.35. The van der Waals surface area contributed by atoms with Crippen molar-refractivity contribution in [1.82, 2.24) is 0 Å². The van der Waals surface area contributed by atoms with Crippen molar-refractivity contribution in [2.24, 2.45) is 0 Å². The molecule has 3 aromatic rings. The van der Waals surface area contributed by atoms with E-state index < -0.39 is 5.97 Å². The molecule has 2 N–H and O–H groups in total. The zero-order valence-electron chi connectivity index (χ0n) is 15.3. The molecule has 0 aliphatic rings. The summed E-state index contributed by atoms with van der Waals surface area (Å²) >= 11 is 0. The molecule has 3 aromatic carbocycles. The van der Waals surface area contributed by atoms with E-state index >= 15 is 0 Å². The molecule has 5 heteroatoms. The summed E-state index contributed by atoms with van der Waals surface area (Å²) in [7, 11) is 3.15. The highest BCUT2D eigenvalue weighted by atomic mass is 16.5. The number of phenols is 1. The molecule has 0 saturated heterocycles. The van der Waals surface area contributed by atoms with Crippen molar-refractivity contribution in [1.29, 1.82) is 0 Å². The van der Waals surface area contributed by atoms with Gasteiger partial charge in [0.25, 0.3) is 0 Å². The van der Waals surface area contributed by atoms with Gasteiger partial charge in [-0.15, -0.1) is 0 Å². The Morgan fingerprint density at radius 3 is 2.00 bits per heavy atom. The fraction of sp³-hybridized carbons (Fsp3) is 0.136. The minimum atomic E-state index is -1.08. The Labute approximate surface area is 157 Å². The van der Waals surface area contributed by atoms with Crippen LogP contribution in [0.25, 0.3) is 16.3 Å². The molecule has 138 valence electrons. The van der Waals surface area contributed by atoms with E-state index in [2.05, 4.69) is 0 Å². The average molecular weight is 364 g/mol. The van der Waals surface area contributed by atoms with Gasteiger partial charge in [0.05, 0.1) is 14.2 Å². The number of rotatable bonds is 5. The summed E-state index contributed by atoms with van der Waals surface area (Å²) in [5, 5.41) is 20.8. The lowest BCUT2D eigenvalue weighted by Gasteiger charge is -2.21. The van der Waals surface area contributed by atoms with Gasteiger partial charge in [-0.2, -0.15) is 0 Å². The average Bonchev–Trinajstić information content (AvgIpc) is 2.66. The Hall–Kier alpha value is -3.47. The standard InChI is InChI=1S/C22H20O5/c1-13-20(18(12-19(24)25)14-8-10-15(23)11-9-14)22(27-3)17-7-5-4-6-16(17)21(13)26-2/h4-12,23H,1-3H3,(H,24,25). The molecule has 3 rings (SSSR count). The van der Waals surface area contributed by atoms with Crippen molar-refractivity contribution in [3.63, 3.8) is 0 Å². The third kappa shape index (κ3) is 3.31. The van der Waals surface area contributed by atoms with Gasteiger partial charge in [-0.1, -0.05) is 36.4 Å². The molecule has 0 fully saturated rings. The van der Waals surface area contributed by atoms with Gasteiger partial charge in [0.15, 0.2) is 0 Å². The van der Waals surface area contributed by atoms with Crippen LogP contribution in [0.4, 0.5) is 0 Å². The molecule has 0 spiro atoms. The number of carbonyl (C=O) groups is 1. The van der Waals surface area contributed by atoms with E-state index in [1.165, 1.54) is 12.1 Å². The van der Waals surface area contributed by atoms with Crippen LogP contribution in [0.2, 0.25) is 0 Å². The largest absolute Gasteiger partial charge is 0.508 e. The Balaban J connectivity index is 2.43. The van der Waals surface area contributed by atoms with Gasteiger partial charge < -0.3 is 19.7 Å². The molecule has 0 unspecified atom stereocenters. The van der Waals surface area contributed by atoms with Crippen LogP contribution >= 0.6 is 0 Å². The Bertz CT molecular complexity index is 1030. The summed E-state index contributed by atoms with van der Waals surface area (Å²) in [5.74, 6) is 0.265. The van der Waals surface area contributed by atoms with Gasteiger partial charge in [-0.3, -0.25) is 0 Å². The number of phenolic OH excluding ortho intramolecular Hbond substituents is 1. The number of carboxylic acids is 1.